The van der Waals surface area contributed by atoms with E-state index in [1.165, 1.54) is 0 Å². The van der Waals surface area contributed by atoms with Gasteiger partial charge in [-0.05, 0) is 54.0 Å². The minimum absolute atomic E-state index is 0.0180. The molecule has 0 fully saturated rings. The Balaban J connectivity index is 1.50. The Bertz CT molecular complexity index is 1160. The van der Waals surface area contributed by atoms with E-state index in [4.69, 9.17) is 14.2 Å². The van der Waals surface area contributed by atoms with Crippen LogP contribution in [0.25, 0.3) is 11.6 Å². The van der Waals surface area contributed by atoms with Gasteiger partial charge in [-0.2, -0.15) is 0 Å². The maximum absolute atomic E-state index is 13.3. The first-order valence-corrected chi connectivity index (χ1v) is 11.3. The molecule has 0 saturated heterocycles. The first-order valence-electron chi connectivity index (χ1n) is 11.3. The van der Waals surface area contributed by atoms with Crippen molar-refractivity contribution in [2.75, 3.05) is 20.4 Å². The van der Waals surface area contributed by atoms with Crippen molar-refractivity contribution in [1.82, 2.24) is 5.32 Å². The van der Waals surface area contributed by atoms with Gasteiger partial charge in [0.15, 0.2) is 17.3 Å². The van der Waals surface area contributed by atoms with Gasteiger partial charge < -0.3 is 24.6 Å². The van der Waals surface area contributed by atoms with Gasteiger partial charge in [0.1, 0.15) is 5.75 Å². The number of carbonyl (C=O) groups is 1. The fourth-order valence-electron chi connectivity index (χ4n) is 3.89. The van der Waals surface area contributed by atoms with Gasteiger partial charge in [-0.25, -0.2) is 0 Å². The molecule has 34 heavy (non-hydrogen) atoms. The Labute approximate surface area is 199 Å². The molecule has 2 N–H and O–H groups in total. The molecule has 0 radical (unpaired) electrons. The number of allylic oxidation sites excluding steroid dienone is 1. The summed E-state index contributed by atoms with van der Waals surface area (Å²) in [6.07, 6.45) is 1.48. The lowest BCUT2D eigenvalue weighted by molar-refractivity contribution is -0.113. The normalized spacial score (nSPS) is 14.5. The minimum Gasteiger partial charge on any atom is -0.497 e. The van der Waals surface area contributed by atoms with Gasteiger partial charge in [-0.15, -0.1) is 0 Å². The summed E-state index contributed by atoms with van der Waals surface area (Å²) in [6, 6.07) is 22.4. The van der Waals surface area contributed by atoms with Crippen molar-refractivity contribution < 1.29 is 24.1 Å². The van der Waals surface area contributed by atoms with Gasteiger partial charge in [0, 0.05) is 24.6 Å². The van der Waals surface area contributed by atoms with Crippen molar-refractivity contribution in [2.24, 2.45) is 0 Å². The van der Waals surface area contributed by atoms with Crippen molar-refractivity contribution in [3.8, 4) is 17.2 Å². The summed E-state index contributed by atoms with van der Waals surface area (Å²) >= 11 is 0. The number of carbonyl (C=O) groups excluding carboxylic acids is 1. The Kier molecular flexibility index (Phi) is 7.62. The highest BCUT2D eigenvalue weighted by atomic mass is 16.7. The molecule has 3 aromatic carbocycles. The summed E-state index contributed by atoms with van der Waals surface area (Å²) in [5, 5.41) is 13.9. The fourth-order valence-corrected chi connectivity index (χ4v) is 3.89. The minimum atomic E-state index is -0.656. The third-order valence-corrected chi connectivity index (χ3v) is 5.82. The molecule has 6 heteroatoms. The first kappa shape index (κ1) is 23.5. The maximum atomic E-state index is 13.3. The molecule has 4 rings (SSSR count). The number of hydrogen-bond acceptors (Lipinski definition) is 6. The molecule has 1 aliphatic rings. The van der Waals surface area contributed by atoms with Crippen molar-refractivity contribution in [1.29, 1.82) is 0 Å². The van der Waals surface area contributed by atoms with E-state index in [0.717, 1.165) is 22.4 Å². The van der Waals surface area contributed by atoms with Crippen LogP contribution in [0.1, 0.15) is 36.1 Å². The number of aliphatic hydroxyl groups excluding tert-OH is 1. The van der Waals surface area contributed by atoms with Crippen molar-refractivity contribution in [3.63, 3.8) is 0 Å². The molecule has 6 nitrogen and oxygen atoms in total. The van der Waals surface area contributed by atoms with E-state index < -0.39 is 6.10 Å². The molecular formula is C28H29NO5. The van der Waals surface area contributed by atoms with Crippen LogP contribution in [0, 0.1) is 0 Å². The predicted octanol–water partition coefficient (Wildman–Crippen LogP) is 4.64. The third kappa shape index (κ3) is 5.65. The lowest BCUT2D eigenvalue weighted by atomic mass is 9.96. The maximum Gasteiger partial charge on any atom is 0.231 e. The number of nitrogens with one attached hydrogen (secondary N) is 1. The molecule has 176 valence electrons. The zero-order chi connectivity index (χ0) is 23.9. The van der Waals surface area contributed by atoms with E-state index in [0.29, 0.717) is 23.6 Å². The monoisotopic (exact) mass is 459 g/mol. The van der Waals surface area contributed by atoms with E-state index in [1.54, 1.807) is 7.11 Å². The molecular weight excluding hydrogens is 430 g/mol. The number of benzene rings is 3. The van der Waals surface area contributed by atoms with E-state index in [2.05, 4.69) is 5.32 Å². The molecule has 3 aromatic rings. The first-order chi connectivity index (χ1) is 16.5. The molecule has 2 atom stereocenters. The number of methoxy groups -OCH3 is 1. The van der Waals surface area contributed by atoms with Gasteiger partial charge in [0.05, 0.1) is 13.2 Å². The molecule has 0 bridgehead atoms. The molecule has 1 aliphatic heterocycles. The largest absolute Gasteiger partial charge is 0.497 e. The van der Waals surface area contributed by atoms with Gasteiger partial charge >= 0.3 is 0 Å². The second-order valence-electron chi connectivity index (χ2n) is 8.17. The molecule has 0 saturated carbocycles. The summed E-state index contributed by atoms with van der Waals surface area (Å²) in [6.45, 7) is 2.52. The number of aliphatic hydroxyl groups is 1. The van der Waals surface area contributed by atoms with Crippen molar-refractivity contribution in [2.45, 2.75) is 25.5 Å². The fraction of sp³-hybridized carbons (Fsp3) is 0.250. The van der Waals surface area contributed by atoms with Gasteiger partial charge in [-0.1, -0.05) is 48.5 Å². The Morgan fingerprint density at radius 2 is 1.85 bits per heavy atom. The third-order valence-electron chi connectivity index (χ3n) is 5.82. The number of ketones is 1. The van der Waals surface area contributed by atoms with E-state index in [-0.39, 0.29) is 25.0 Å². The highest BCUT2D eigenvalue weighted by Gasteiger charge is 2.20. The molecule has 1 heterocycles. The topological polar surface area (TPSA) is 77.0 Å². The lowest BCUT2D eigenvalue weighted by Gasteiger charge is -2.20. The Morgan fingerprint density at radius 3 is 2.65 bits per heavy atom. The van der Waals surface area contributed by atoms with Crippen LogP contribution in [0.5, 0.6) is 17.2 Å². The number of rotatable bonds is 10. The Morgan fingerprint density at radius 1 is 1.06 bits per heavy atom. The zero-order valence-corrected chi connectivity index (χ0v) is 19.4. The van der Waals surface area contributed by atoms with E-state index in [9.17, 15) is 9.90 Å². The number of ether oxygens (including phenoxy) is 3. The second-order valence-corrected chi connectivity index (χ2v) is 8.17. The summed E-state index contributed by atoms with van der Waals surface area (Å²) < 4.78 is 16.3. The molecule has 0 aromatic heterocycles. The zero-order valence-electron chi connectivity index (χ0n) is 19.4. The lowest BCUT2D eigenvalue weighted by Crippen LogP contribution is -2.33. The van der Waals surface area contributed by atoms with Crippen LogP contribution < -0.4 is 19.5 Å². The van der Waals surface area contributed by atoms with Crippen LogP contribution in [0.2, 0.25) is 0 Å². The summed E-state index contributed by atoms with van der Waals surface area (Å²) in [7, 11) is 1.61. The SMILES string of the molecule is COc1cccc(/C=C(/C(=O)CCNC(C)C(O)c2ccccc2)c2ccc3c(c2)OCO3)c1. The van der Waals surface area contributed by atoms with Gasteiger partial charge in [0.2, 0.25) is 6.79 Å². The smallest absolute Gasteiger partial charge is 0.231 e. The van der Waals surface area contributed by atoms with Crippen LogP contribution in [0.3, 0.4) is 0 Å². The molecule has 0 aliphatic carbocycles. The predicted molar refractivity (Wildman–Crippen MR) is 132 cm³/mol. The number of hydrogen-bond donors (Lipinski definition) is 2. The van der Waals surface area contributed by atoms with Gasteiger partial charge in [-0.3, -0.25) is 4.79 Å². The quantitative estimate of drug-likeness (QED) is 0.340. The highest BCUT2D eigenvalue weighted by molar-refractivity contribution is 6.25. The summed E-state index contributed by atoms with van der Waals surface area (Å²) in [4.78, 5) is 13.3. The average molecular weight is 460 g/mol. The van der Waals surface area contributed by atoms with Crippen molar-refractivity contribution in [3.05, 3.63) is 89.5 Å². The molecule has 2 unspecified atom stereocenters. The standard InChI is InChI=1S/C28H29NO5/c1-19(28(31)21-8-4-3-5-9-21)29-14-13-25(30)24(16-20-7-6-10-23(15-20)32-2)22-11-12-26-27(17-22)34-18-33-26/h3-12,15-17,19,28-29,31H,13-14,18H2,1-2H3/b24-16+. The van der Waals surface area contributed by atoms with Crippen LogP contribution in [-0.2, 0) is 4.79 Å². The van der Waals surface area contributed by atoms with Crippen LogP contribution in [0.15, 0.2) is 72.8 Å². The highest BCUT2D eigenvalue weighted by Crippen LogP contribution is 2.35. The molecule has 0 spiro atoms. The van der Waals surface area contributed by atoms with E-state index >= 15 is 0 Å². The van der Waals surface area contributed by atoms with E-state index in [1.807, 2.05) is 85.8 Å². The van der Waals surface area contributed by atoms with Crippen LogP contribution >= 0.6 is 0 Å². The molecule has 0 amide bonds. The van der Waals surface area contributed by atoms with Crippen molar-refractivity contribution >= 4 is 17.4 Å². The average Bonchev–Trinajstić information content (AvgIpc) is 3.35. The number of fused-ring (bicyclic) bond motifs is 1. The summed E-state index contributed by atoms with van der Waals surface area (Å²) in [5.41, 5.74) is 3.04. The van der Waals surface area contributed by atoms with Crippen LogP contribution in [-0.4, -0.2) is 37.4 Å². The number of Topliss-reactive ketones (excluding diaryl/α,β-unsaturated/α-hetero) is 1. The second kappa shape index (κ2) is 11.0. The summed E-state index contributed by atoms with van der Waals surface area (Å²) in [5.74, 6) is 1.99. The van der Waals surface area contributed by atoms with Crippen LogP contribution in [0.4, 0.5) is 0 Å². The Hall–Kier alpha value is -3.61. The van der Waals surface area contributed by atoms with Gasteiger partial charge in [0.25, 0.3) is 0 Å².